The number of aromatic nitrogens is 1. The van der Waals surface area contributed by atoms with Gasteiger partial charge in [-0.1, -0.05) is 13.8 Å². The Hall–Kier alpha value is -1.77. The standard InChI is InChI=1S/C16H23N3/c1-11(2)8-12-9-16(17-3)14-10-13(19(4)5)6-7-15(14)18-12/h6-7,9-11H,8H2,1-5H3,(H,17,18). The van der Waals surface area contributed by atoms with Crippen LogP contribution in [0.3, 0.4) is 0 Å². The first kappa shape index (κ1) is 13.7. The molecule has 2 rings (SSSR count). The molecule has 2 aromatic rings. The Morgan fingerprint density at radius 3 is 2.53 bits per heavy atom. The van der Waals surface area contributed by atoms with Gasteiger partial charge in [0.15, 0.2) is 0 Å². The van der Waals surface area contributed by atoms with Crippen molar-refractivity contribution in [3.8, 4) is 0 Å². The highest BCUT2D eigenvalue weighted by Crippen LogP contribution is 2.27. The predicted octanol–water partition coefficient (Wildman–Crippen LogP) is 3.54. The minimum absolute atomic E-state index is 0.621. The molecule has 0 saturated heterocycles. The Balaban J connectivity index is 2.56. The molecule has 3 heteroatoms. The quantitative estimate of drug-likeness (QED) is 0.908. The number of pyridine rings is 1. The average Bonchev–Trinajstić information content (AvgIpc) is 2.36. The fourth-order valence-electron chi connectivity index (χ4n) is 2.28. The maximum Gasteiger partial charge on any atom is 0.0727 e. The molecule has 1 heterocycles. The largest absolute Gasteiger partial charge is 0.388 e. The lowest BCUT2D eigenvalue weighted by Gasteiger charge is -2.15. The number of fused-ring (bicyclic) bond motifs is 1. The van der Waals surface area contributed by atoms with Crippen molar-refractivity contribution in [1.82, 2.24) is 4.98 Å². The Kier molecular flexibility index (Phi) is 3.93. The van der Waals surface area contributed by atoms with Gasteiger partial charge in [0.2, 0.25) is 0 Å². The van der Waals surface area contributed by atoms with Crippen molar-refractivity contribution in [2.75, 3.05) is 31.4 Å². The average molecular weight is 257 g/mol. The van der Waals surface area contributed by atoms with E-state index in [4.69, 9.17) is 4.98 Å². The molecule has 0 spiro atoms. The van der Waals surface area contributed by atoms with Crippen LogP contribution in [0, 0.1) is 5.92 Å². The zero-order chi connectivity index (χ0) is 14.0. The van der Waals surface area contributed by atoms with Crippen LogP contribution in [0.2, 0.25) is 0 Å². The molecular formula is C16H23N3. The van der Waals surface area contributed by atoms with Crippen LogP contribution in [0.1, 0.15) is 19.5 Å². The number of nitrogens with zero attached hydrogens (tertiary/aromatic N) is 2. The van der Waals surface area contributed by atoms with Gasteiger partial charge in [-0.05, 0) is 36.6 Å². The summed E-state index contributed by atoms with van der Waals surface area (Å²) in [7, 11) is 6.08. The summed E-state index contributed by atoms with van der Waals surface area (Å²) in [5, 5.41) is 4.47. The normalized spacial score (nSPS) is 11.1. The Morgan fingerprint density at radius 1 is 1.21 bits per heavy atom. The van der Waals surface area contributed by atoms with Gasteiger partial charge in [0.25, 0.3) is 0 Å². The van der Waals surface area contributed by atoms with E-state index >= 15 is 0 Å². The van der Waals surface area contributed by atoms with Gasteiger partial charge >= 0.3 is 0 Å². The number of anilines is 2. The molecule has 0 radical (unpaired) electrons. The van der Waals surface area contributed by atoms with Gasteiger partial charge in [-0.2, -0.15) is 0 Å². The monoisotopic (exact) mass is 257 g/mol. The van der Waals surface area contributed by atoms with E-state index < -0.39 is 0 Å². The number of nitrogens with one attached hydrogen (secondary N) is 1. The number of benzene rings is 1. The molecule has 0 aliphatic rings. The second-order valence-corrected chi connectivity index (χ2v) is 5.61. The summed E-state index contributed by atoms with van der Waals surface area (Å²) in [6.45, 7) is 4.44. The Bertz CT molecular complexity index is 573. The third kappa shape index (κ3) is 2.98. The third-order valence-electron chi connectivity index (χ3n) is 3.25. The van der Waals surface area contributed by atoms with E-state index in [1.807, 2.05) is 7.05 Å². The first-order valence-corrected chi connectivity index (χ1v) is 6.80. The van der Waals surface area contributed by atoms with E-state index in [9.17, 15) is 0 Å². The minimum atomic E-state index is 0.621. The summed E-state index contributed by atoms with van der Waals surface area (Å²) in [5.74, 6) is 0.621. The van der Waals surface area contributed by atoms with Crippen molar-refractivity contribution in [2.45, 2.75) is 20.3 Å². The van der Waals surface area contributed by atoms with Gasteiger partial charge < -0.3 is 10.2 Å². The molecule has 0 amide bonds. The molecule has 19 heavy (non-hydrogen) atoms. The van der Waals surface area contributed by atoms with Crippen LogP contribution >= 0.6 is 0 Å². The van der Waals surface area contributed by atoms with Gasteiger partial charge in [-0.15, -0.1) is 0 Å². The van der Waals surface area contributed by atoms with Crippen molar-refractivity contribution in [1.29, 1.82) is 0 Å². The lowest BCUT2D eigenvalue weighted by molar-refractivity contribution is 0.637. The van der Waals surface area contributed by atoms with Crippen molar-refractivity contribution in [3.63, 3.8) is 0 Å². The lowest BCUT2D eigenvalue weighted by Crippen LogP contribution is -2.08. The summed E-state index contributed by atoms with van der Waals surface area (Å²) in [4.78, 5) is 6.88. The van der Waals surface area contributed by atoms with Crippen LogP contribution < -0.4 is 10.2 Å². The van der Waals surface area contributed by atoms with Crippen LogP contribution in [0.5, 0.6) is 0 Å². The zero-order valence-corrected chi connectivity index (χ0v) is 12.5. The lowest BCUT2D eigenvalue weighted by atomic mass is 10.0. The van der Waals surface area contributed by atoms with E-state index in [2.05, 4.69) is 62.4 Å². The van der Waals surface area contributed by atoms with Crippen LogP contribution in [-0.4, -0.2) is 26.1 Å². The highest BCUT2D eigenvalue weighted by atomic mass is 15.1. The summed E-state index contributed by atoms with van der Waals surface area (Å²) in [5.41, 5.74) is 4.57. The SMILES string of the molecule is CNc1cc(CC(C)C)nc2ccc(N(C)C)cc12. The van der Waals surface area contributed by atoms with Gasteiger partial charge in [-0.3, -0.25) is 4.98 Å². The molecule has 0 saturated carbocycles. The van der Waals surface area contributed by atoms with E-state index in [0.717, 1.165) is 23.3 Å². The van der Waals surface area contributed by atoms with Crippen molar-refractivity contribution in [2.24, 2.45) is 5.92 Å². The molecule has 0 aliphatic heterocycles. The van der Waals surface area contributed by atoms with Gasteiger partial charge in [-0.25, -0.2) is 0 Å². The molecule has 102 valence electrons. The molecule has 1 aromatic heterocycles. The highest BCUT2D eigenvalue weighted by Gasteiger charge is 2.08. The van der Waals surface area contributed by atoms with Crippen LogP contribution in [-0.2, 0) is 6.42 Å². The highest BCUT2D eigenvalue weighted by molar-refractivity contribution is 5.93. The Labute approximate surface area is 115 Å². The van der Waals surface area contributed by atoms with Crippen LogP contribution in [0.25, 0.3) is 10.9 Å². The van der Waals surface area contributed by atoms with Gasteiger partial charge in [0.05, 0.1) is 5.52 Å². The summed E-state index contributed by atoms with van der Waals surface area (Å²) in [6, 6.07) is 8.58. The third-order valence-corrected chi connectivity index (χ3v) is 3.25. The van der Waals surface area contributed by atoms with Crippen molar-refractivity contribution >= 4 is 22.3 Å². The Morgan fingerprint density at radius 2 is 1.95 bits per heavy atom. The maximum absolute atomic E-state index is 4.77. The maximum atomic E-state index is 4.77. The fourth-order valence-corrected chi connectivity index (χ4v) is 2.28. The molecule has 0 aliphatic carbocycles. The number of hydrogen-bond acceptors (Lipinski definition) is 3. The van der Waals surface area contributed by atoms with Crippen LogP contribution in [0.15, 0.2) is 24.3 Å². The van der Waals surface area contributed by atoms with Crippen molar-refractivity contribution in [3.05, 3.63) is 30.0 Å². The van der Waals surface area contributed by atoms with E-state index in [-0.39, 0.29) is 0 Å². The second-order valence-electron chi connectivity index (χ2n) is 5.61. The first-order valence-electron chi connectivity index (χ1n) is 6.80. The predicted molar refractivity (Wildman–Crippen MR) is 84.2 cm³/mol. The fraction of sp³-hybridized carbons (Fsp3) is 0.438. The van der Waals surface area contributed by atoms with Crippen molar-refractivity contribution < 1.29 is 0 Å². The van der Waals surface area contributed by atoms with Crippen LogP contribution in [0.4, 0.5) is 11.4 Å². The molecule has 0 bridgehead atoms. The van der Waals surface area contributed by atoms with E-state index in [1.165, 1.54) is 11.1 Å². The molecule has 1 N–H and O–H groups in total. The number of rotatable bonds is 4. The molecule has 1 aromatic carbocycles. The first-order chi connectivity index (χ1) is 9.01. The molecule has 0 unspecified atom stereocenters. The number of hydrogen-bond donors (Lipinski definition) is 1. The summed E-state index contributed by atoms with van der Waals surface area (Å²) >= 11 is 0. The topological polar surface area (TPSA) is 28.2 Å². The van der Waals surface area contributed by atoms with E-state index in [1.54, 1.807) is 0 Å². The zero-order valence-electron chi connectivity index (χ0n) is 12.5. The van der Waals surface area contributed by atoms with Gasteiger partial charge in [0, 0.05) is 43.6 Å². The summed E-state index contributed by atoms with van der Waals surface area (Å²) < 4.78 is 0. The molecule has 0 atom stereocenters. The molecule has 3 nitrogen and oxygen atoms in total. The smallest absolute Gasteiger partial charge is 0.0727 e. The molecular weight excluding hydrogens is 234 g/mol. The van der Waals surface area contributed by atoms with E-state index in [0.29, 0.717) is 5.92 Å². The molecule has 0 fully saturated rings. The second kappa shape index (κ2) is 5.47. The minimum Gasteiger partial charge on any atom is -0.388 e. The van der Waals surface area contributed by atoms with Gasteiger partial charge in [0.1, 0.15) is 0 Å². The summed E-state index contributed by atoms with van der Waals surface area (Å²) in [6.07, 6.45) is 1.01.